The van der Waals surface area contributed by atoms with Gasteiger partial charge in [-0.2, -0.15) is 10.2 Å². The van der Waals surface area contributed by atoms with Gasteiger partial charge in [-0.1, -0.05) is 13.8 Å². The van der Waals surface area contributed by atoms with Crippen LogP contribution in [0.1, 0.15) is 47.0 Å². The van der Waals surface area contributed by atoms with Gasteiger partial charge in [0.1, 0.15) is 5.78 Å². The number of hydrogen-bond donors (Lipinski definition) is 3. The lowest BCUT2D eigenvalue weighted by Gasteiger charge is -2.23. The minimum Gasteiger partial charge on any atom is -0.368 e. The Balaban J connectivity index is 4.32. The van der Waals surface area contributed by atoms with Crippen LogP contribution >= 0.6 is 0 Å². The molecule has 2 atom stereocenters. The smallest absolute Gasteiger partial charge is 0.175 e. The third-order valence-electron chi connectivity index (χ3n) is 2.34. The van der Waals surface area contributed by atoms with Crippen molar-refractivity contribution in [2.24, 2.45) is 10.2 Å². The van der Waals surface area contributed by atoms with Gasteiger partial charge in [0, 0.05) is 13.0 Å². The minimum absolute atomic E-state index is 0.0374. The highest BCUT2D eigenvalue weighted by atomic mass is 16.3. The number of hydrogen-bond acceptors (Lipinski definition) is 6. The fourth-order valence-electron chi connectivity index (χ4n) is 1.35. The number of azo groups is 1. The molecule has 0 fully saturated rings. The summed E-state index contributed by atoms with van der Waals surface area (Å²) in [5.41, 5.74) is 4.54. The molecule has 0 aliphatic rings. The monoisotopic (exact) mass is 258 g/mol. The normalized spacial score (nSPS) is 16.7. The average Bonchev–Trinajstić information content (AvgIpc) is 2.28. The van der Waals surface area contributed by atoms with Crippen molar-refractivity contribution in [1.82, 2.24) is 10.9 Å². The number of rotatable bonds is 10. The summed E-state index contributed by atoms with van der Waals surface area (Å²) in [5, 5.41) is 17.8. The maximum Gasteiger partial charge on any atom is 0.175 e. The van der Waals surface area contributed by atoms with Crippen molar-refractivity contribution in [3.63, 3.8) is 0 Å². The molecule has 18 heavy (non-hydrogen) atoms. The average molecular weight is 258 g/mol. The fraction of sp³-hybridized carbons (Fsp3) is 0.917. The van der Waals surface area contributed by atoms with Crippen molar-refractivity contribution in [2.45, 2.75) is 58.7 Å². The van der Waals surface area contributed by atoms with Crippen LogP contribution in [0, 0.1) is 0 Å². The van der Waals surface area contributed by atoms with Crippen molar-refractivity contribution in [2.75, 3.05) is 13.1 Å². The first-order chi connectivity index (χ1) is 8.43. The van der Waals surface area contributed by atoms with Crippen molar-refractivity contribution in [3.8, 4) is 0 Å². The zero-order valence-electron chi connectivity index (χ0n) is 11.9. The molecular weight excluding hydrogens is 232 g/mol. The van der Waals surface area contributed by atoms with Gasteiger partial charge in [0.2, 0.25) is 0 Å². The van der Waals surface area contributed by atoms with Crippen LogP contribution in [0.5, 0.6) is 0 Å². The molecule has 0 amide bonds. The summed E-state index contributed by atoms with van der Waals surface area (Å²) >= 11 is 0. The topological polar surface area (TPSA) is 86.1 Å². The molecule has 3 N–H and O–H groups in total. The molecule has 106 valence electrons. The van der Waals surface area contributed by atoms with E-state index in [-0.39, 0.29) is 12.2 Å². The Hall–Kier alpha value is -0.850. The lowest BCUT2D eigenvalue weighted by molar-refractivity contribution is -0.121. The van der Waals surface area contributed by atoms with Gasteiger partial charge in [0.25, 0.3) is 0 Å². The molecule has 0 aromatic rings. The number of carbonyl (C=O) groups is 1. The number of nitrogens with one attached hydrogen (secondary N) is 2. The van der Waals surface area contributed by atoms with Gasteiger partial charge in [0.05, 0.1) is 12.6 Å². The Kier molecular flexibility index (Phi) is 8.70. The Morgan fingerprint density at radius 3 is 2.56 bits per heavy atom. The van der Waals surface area contributed by atoms with Crippen molar-refractivity contribution in [3.05, 3.63) is 0 Å². The van der Waals surface area contributed by atoms with Crippen molar-refractivity contribution < 1.29 is 9.90 Å². The lowest BCUT2D eigenvalue weighted by Crippen LogP contribution is -2.48. The number of Topliss-reactive ketones (excluding diaryl/α,β-unsaturated/α-hetero) is 1. The maximum absolute atomic E-state index is 11.5. The van der Waals surface area contributed by atoms with Crippen LogP contribution in [-0.4, -0.2) is 35.7 Å². The van der Waals surface area contributed by atoms with E-state index in [1.54, 1.807) is 6.92 Å². The summed E-state index contributed by atoms with van der Waals surface area (Å²) in [4.78, 5) is 11.5. The van der Waals surface area contributed by atoms with Crippen molar-refractivity contribution >= 4 is 5.78 Å². The summed E-state index contributed by atoms with van der Waals surface area (Å²) in [5.74, 6) is -0.0374. The predicted octanol–water partition coefficient (Wildman–Crippen LogP) is 1.41. The van der Waals surface area contributed by atoms with Crippen LogP contribution < -0.4 is 10.9 Å². The summed E-state index contributed by atoms with van der Waals surface area (Å²) in [6, 6.07) is -0.466. The molecule has 0 heterocycles. The Bertz CT molecular complexity index is 267. The highest BCUT2D eigenvalue weighted by molar-refractivity contribution is 5.81. The van der Waals surface area contributed by atoms with E-state index in [4.69, 9.17) is 0 Å². The van der Waals surface area contributed by atoms with Gasteiger partial charge >= 0.3 is 0 Å². The second-order valence-electron chi connectivity index (χ2n) is 4.62. The standard InChI is InChI=1S/C12H26N4O2/c1-5-7-13-15-11(10(3)17)9-12(4,18)16-14-8-6-2/h11,13,15,18H,5-9H2,1-4H3. The van der Waals surface area contributed by atoms with Crippen LogP contribution in [0.15, 0.2) is 10.2 Å². The van der Waals surface area contributed by atoms with Gasteiger partial charge < -0.3 is 5.11 Å². The second kappa shape index (κ2) is 9.13. The Morgan fingerprint density at radius 2 is 2.06 bits per heavy atom. The summed E-state index contributed by atoms with van der Waals surface area (Å²) in [7, 11) is 0. The molecule has 0 bridgehead atoms. The Morgan fingerprint density at radius 1 is 1.39 bits per heavy atom. The van der Waals surface area contributed by atoms with E-state index >= 15 is 0 Å². The van der Waals surface area contributed by atoms with Crippen LogP contribution in [0.25, 0.3) is 0 Å². The summed E-state index contributed by atoms with van der Waals surface area (Å²) < 4.78 is 0. The molecule has 0 saturated heterocycles. The molecule has 0 aliphatic carbocycles. The molecule has 6 heteroatoms. The molecule has 0 saturated carbocycles. The first kappa shape index (κ1) is 17.2. The van der Waals surface area contributed by atoms with Crippen LogP contribution in [0.2, 0.25) is 0 Å². The number of aliphatic hydroxyl groups is 1. The predicted molar refractivity (Wildman–Crippen MR) is 71.2 cm³/mol. The molecular formula is C12H26N4O2. The molecule has 0 aliphatic heterocycles. The zero-order valence-corrected chi connectivity index (χ0v) is 11.9. The first-order valence-corrected chi connectivity index (χ1v) is 6.52. The van der Waals surface area contributed by atoms with Gasteiger partial charge in [-0.15, -0.1) is 0 Å². The quantitative estimate of drug-likeness (QED) is 0.314. The van der Waals surface area contributed by atoms with Crippen LogP contribution in [0.3, 0.4) is 0 Å². The van der Waals surface area contributed by atoms with E-state index in [0.717, 1.165) is 19.4 Å². The highest BCUT2D eigenvalue weighted by Crippen LogP contribution is 2.15. The van der Waals surface area contributed by atoms with Crippen LogP contribution in [0.4, 0.5) is 0 Å². The molecule has 0 aromatic heterocycles. The van der Waals surface area contributed by atoms with Crippen molar-refractivity contribution in [1.29, 1.82) is 0 Å². The molecule has 0 radical (unpaired) electrons. The first-order valence-electron chi connectivity index (χ1n) is 6.52. The van der Waals surface area contributed by atoms with Gasteiger partial charge in [0.15, 0.2) is 5.72 Å². The maximum atomic E-state index is 11.5. The van der Waals surface area contributed by atoms with Gasteiger partial charge in [-0.3, -0.25) is 10.2 Å². The Labute approximate surface area is 109 Å². The number of ketones is 1. The van der Waals surface area contributed by atoms with E-state index in [0.29, 0.717) is 6.54 Å². The summed E-state index contributed by atoms with van der Waals surface area (Å²) in [6.45, 7) is 8.43. The number of hydrazine groups is 1. The molecule has 2 unspecified atom stereocenters. The van der Waals surface area contributed by atoms with E-state index in [1.165, 1.54) is 6.92 Å². The van der Waals surface area contributed by atoms with Gasteiger partial charge in [-0.05, 0) is 26.7 Å². The highest BCUT2D eigenvalue weighted by Gasteiger charge is 2.27. The van der Waals surface area contributed by atoms with E-state index in [2.05, 4.69) is 21.1 Å². The molecule has 0 spiro atoms. The molecule has 0 rings (SSSR count). The van der Waals surface area contributed by atoms with Crippen LogP contribution in [-0.2, 0) is 4.79 Å². The molecule has 0 aromatic carbocycles. The summed E-state index contributed by atoms with van der Waals surface area (Å²) in [6.07, 6.45) is 2.04. The number of carbonyl (C=O) groups excluding carboxylic acids is 1. The third kappa shape index (κ3) is 8.27. The third-order valence-corrected chi connectivity index (χ3v) is 2.34. The van der Waals surface area contributed by atoms with Gasteiger partial charge in [-0.25, -0.2) is 5.43 Å². The van der Waals surface area contributed by atoms with E-state index < -0.39 is 11.8 Å². The van der Waals surface area contributed by atoms with E-state index in [9.17, 15) is 9.90 Å². The number of nitrogens with zero attached hydrogens (tertiary/aromatic N) is 2. The van der Waals surface area contributed by atoms with E-state index in [1.807, 2.05) is 13.8 Å². The zero-order chi connectivity index (χ0) is 14.0. The second-order valence-corrected chi connectivity index (χ2v) is 4.62. The molecule has 6 nitrogen and oxygen atoms in total. The largest absolute Gasteiger partial charge is 0.368 e. The SMILES string of the molecule is CCCN=NC(C)(O)CC(NNCCC)C(C)=O. The lowest BCUT2D eigenvalue weighted by atomic mass is 10.0. The fourth-order valence-corrected chi connectivity index (χ4v) is 1.35. The minimum atomic E-state index is -1.31.